The molecule has 0 fully saturated rings. The SMILES string of the molecule is Cc1ccc(S(=O)(=O)N[C@@H](Cc2c[nH]cn2)C(=O)OC(=O)[C@H](Cc2c[nH]cn2)NS(=O)(=O)c2ccc(C)cc2)cc1. The van der Waals surface area contributed by atoms with E-state index in [9.17, 15) is 26.4 Å². The van der Waals surface area contributed by atoms with Gasteiger partial charge in [-0.3, -0.25) is 0 Å². The highest BCUT2D eigenvalue weighted by Crippen LogP contribution is 2.15. The van der Waals surface area contributed by atoms with Gasteiger partial charge in [-0.05, 0) is 38.1 Å². The molecule has 4 aromatic rings. The molecule has 0 aliphatic rings. The summed E-state index contributed by atoms with van der Waals surface area (Å²) in [6.07, 6.45) is 5.10. The van der Waals surface area contributed by atoms with Crippen LogP contribution < -0.4 is 9.44 Å². The lowest BCUT2D eigenvalue weighted by atomic mass is 10.1. The second-order valence-corrected chi connectivity index (χ2v) is 12.7. The summed E-state index contributed by atoms with van der Waals surface area (Å²) in [5.74, 6) is -2.48. The van der Waals surface area contributed by atoms with Crippen molar-refractivity contribution in [1.82, 2.24) is 29.4 Å². The van der Waals surface area contributed by atoms with Gasteiger partial charge in [0.05, 0.1) is 33.8 Å². The Labute approximate surface area is 236 Å². The molecule has 2 atom stereocenters. The monoisotopic (exact) mass is 600 g/mol. The Kier molecular flexibility index (Phi) is 9.12. The molecular formula is C26H28N6O7S2. The topological polar surface area (TPSA) is 193 Å². The Morgan fingerprint density at radius 1 is 0.707 bits per heavy atom. The number of nitrogens with one attached hydrogen (secondary N) is 4. The number of carbonyl (C=O) groups excluding carboxylic acids is 2. The highest BCUT2D eigenvalue weighted by molar-refractivity contribution is 7.89. The van der Waals surface area contributed by atoms with E-state index in [0.29, 0.717) is 11.4 Å². The molecule has 0 amide bonds. The number of ether oxygens (including phenoxy) is 1. The quantitative estimate of drug-likeness (QED) is 0.137. The zero-order valence-electron chi connectivity index (χ0n) is 22.1. The molecule has 0 aliphatic heterocycles. The van der Waals surface area contributed by atoms with Gasteiger partial charge in [0.15, 0.2) is 0 Å². The summed E-state index contributed by atoms with van der Waals surface area (Å²) in [6.45, 7) is 3.58. The van der Waals surface area contributed by atoms with E-state index < -0.39 is 44.1 Å². The first kappa shape index (κ1) is 29.8. The summed E-state index contributed by atoms with van der Waals surface area (Å²) in [7, 11) is -8.43. The smallest absolute Gasteiger partial charge is 0.332 e. The van der Waals surface area contributed by atoms with E-state index in [1.807, 2.05) is 0 Å². The van der Waals surface area contributed by atoms with Crippen LogP contribution in [-0.2, 0) is 47.2 Å². The molecule has 216 valence electrons. The number of benzene rings is 2. The molecule has 2 heterocycles. The molecule has 2 aromatic heterocycles. The minimum absolute atomic E-state index is 0.100. The number of esters is 2. The minimum Gasteiger partial charge on any atom is -0.391 e. The number of aromatic nitrogens is 4. The van der Waals surface area contributed by atoms with Crippen LogP contribution in [0.5, 0.6) is 0 Å². The van der Waals surface area contributed by atoms with Crippen molar-refractivity contribution in [3.63, 3.8) is 0 Å². The number of aromatic amines is 2. The normalized spacial score (nSPS) is 13.4. The maximum atomic E-state index is 13.2. The van der Waals surface area contributed by atoms with Gasteiger partial charge in [0.2, 0.25) is 20.0 Å². The lowest BCUT2D eigenvalue weighted by Gasteiger charge is -2.20. The fourth-order valence-corrected chi connectivity index (χ4v) is 6.13. The van der Waals surface area contributed by atoms with E-state index in [1.165, 1.54) is 49.3 Å². The van der Waals surface area contributed by atoms with E-state index in [0.717, 1.165) is 11.1 Å². The maximum absolute atomic E-state index is 13.2. The van der Waals surface area contributed by atoms with Crippen LogP contribution >= 0.6 is 0 Å². The van der Waals surface area contributed by atoms with E-state index in [2.05, 4.69) is 29.4 Å². The van der Waals surface area contributed by atoms with Crippen LogP contribution in [0.15, 0.2) is 83.4 Å². The Hall–Kier alpha value is -4.18. The molecule has 4 rings (SSSR count). The number of sulfonamides is 2. The third-order valence-electron chi connectivity index (χ3n) is 5.96. The van der Waals surface area contributed by atoms with Crippen LogP contribution in [0, 0.1) is 13.8 Å². The van der Waals surface area contributed by atoms with Crippen molar-refractivity contribution in [3.05, 3.63) is 96.1 Å². The van der Waals surface area contributed by atoms with Gasteiger partial charge in [-0.15, -0.1) is 0 Å². The van der Waals surface area contributed by atoms with Crippen LogP contribution in [0.3, 0.4) is 0 Å². The highest BCUT2D eigenvalue weighted by Gasteiger charge is 2.34. The lowest BCUT2D eigenvalue weighted by Crippen LogP contribution is -2.48. The number of hydrogen-bond donors (Lipinski definition) is 4. The summed E-state index contributed by atoms with van der Waals surface area (Å²) < 4.78 is 61.8. The molecule has 0 aliphatic carbocycles. The Balaban J connectivity index is 1.57. The van der Waals surface area contributed by atoms with Crippen molar-refractivity contribution in [3.8, 4) is 0 Å². The van der Waals surface area contributed by atoms with Gasteiger partial charge in [-0.25, -0.2) is 36.4 Å². The highest BCUT2D eigenvalue weighted by atomic mass is 32.2. The molecule has 0 unspecified atom stereocenters. The van der Waals surface area contributed by atoms with Gasteiger partial charge in [0, 0.05) is 25.2 Å². The predicted octanol–water partition coefficient (Wildman–Crippen LogP) is 1.30. The van der Waals surface area contributed by atoms with Crippen molar-refractivity contribution >= 4 is 32.0 Å². The van der Waals surface area contributed by atoms with Crippen LogP contribution in [0.4, 0.5) is 0 Å². The Bertz CT molecular complexity index is 1560. The van der Waals surface area contributed by atoms with Crippen molar-refractivity contribution in [1.29, 1.82) is 0 Å². The number of hydrogen-bond acceptors (Lipinski definition) is 9. The molecular weight excluding hydrogens is 572 g/mol. The zero-order valence-corrected chi connectivity index (χ0v) is 23.7. The van der Waals surface area contributed by atoms with Crippen LogP contribution in [0.2, 0.25) is 0 Å². The van der Waals surface area contributed by atoms with Gasteiger partial charge in [0.1, 0.15) is 12.1 Å². The average Bonchev–Trinajstić information content (AvgIpc) is 3.63. The first-order chi connectivity index (χ1) is 19.4. The molecule has 4 N–H and O–H groups in total. The fourth-order valence-electron chi connectivity index (χ4n) is 3.76. The first-order valence-corrected chi connectivity index (χ1v) is 15.3. The molecule has 0 radical (unpaired) electrons. The number of aryl methyl sites for hydroxylation is 2. The molecule has 15 heteroatoms. The van der Waals surface area contributed by atoms with E-state index in [4.69, 9.17) is 4.74 Å². The summed E-state index contributed by atoms with van der Waals surface area (Å²) in [5.41, 5.74) is 2.30. The summed E-state index contributed by atoms with van der Waals surface area (Å²) in [5, 5.41) is 0. The fraction of sp³-hybridized carbons (Fsp3) is 0.231. The standard InChI is InChI=1S/C26H28N6O7S2/c1-17-3-7-21(8-4-17)40(35,36)31-23(11-19-13-27-15-29-19)25(33)39-26(34)24(12-20-14-28-16-30-20)32-41(37,38)22-9-5-18(2)6-10-22/h3-10,13-16,23-24,31-32H,11-12H2,1-2H3,(H,27,29)(H,28,30)/t23-,24-/m0/s1. The Morgan fingerprint density at radius 2 is 1.07 bits per heavy atom. The molecule has 13 nitrogen and oxygen atoms in total. The van der Waals surface area contributed by atoms with E-state index in [-0.39, 0.29) is 22.6 Å². The van der Waals surface area contributed by atoms with Gasteiger partial charge in [-0.2, -0.15) is 9.44 Å². The second kappa shape index (κ2) is 12.6. The van der Waals surface area contributed by atoms with Crippen molar-refractivity contribution in [2.45, 2.75) is 48.6 Å². The van der Waals surface area contributed by atoms with Gasteiger partial charge in [0.25, 0.3) is 0 Å². The molecule has 0 spiro atoms. The third-order valence-corrected chi connectivity index (χ3v) is 8.94. The second-order valence-electron chi connectivity index (χ2n) is 9.24. The number of nitrogens with zero attached hydrogens (tertiary/aromatic N) is 2. The van der Waals surface area contributed by atoms with Crippen molar-refractivity contribution in [2.24, 2.45) is 0 Å². The van der Waals surface area contributed by atoms with Crippen LogP contribution in [-0.4, -0.2) is 60.8 Å². The number of H-pyrrole nitrogens is 2. The summed E-state index contributed by atoms with van der Waals surface area (Å²) in [6, 6.07) is 8.76. The van der Waals surface area contributed by atoms with E-state index in [1.54, 1.807) is 38.1 Å². The number of rotatable bonds is 12. The van der Waals surface area contributed by atoms with Gasteiger partial charge in [-0.1, -0.05) is 35.4 Å². The minimum atomic E-state index is -4.22. The molecule has 0 bridgehead atoms. The zero-order chi connectivity index (χ0) is 29.6. The van der Waals surface area contributed by atoms with Crippen molar-refractivity contribution < 1.29 is 31.2 Å². The summed E-state index contributed by atoms with van der Waals surface area (Å²) >= 11 is 0. The third kappa shape index (κ3) is 7.94. The first-order valence-electron chi connectivity index (χ1n) is 12.3. The molecule has 0 saturated carbocycles. The number of carbonyl (C=O) groups is 2. The molecule has 41 heavy (non-hydrogen) atoms. The summed E-state index contributed by atoms with van der Waals surface area (Å²) in [4.78, 5) is 39.7. The van der Waals surface area contributed by atoms with Crippen molar-refractivity contribution in [2.75, 3.05) is 0 Å². The van der Waals surface area contributed by atoms with Crippen LogP contribution in [0.1, 0.15) is 22.5 Å². The van der Waals surface area contributed by atoms with Gasteiger partial charge >= 0.3 is 11.9 Å². The Morgan fingerprint density at radius 3 is 1.39 bits per heavy atom. The van der Waals surface area contributed by atoms with Gasteiger partial charge < -0.3 is 14.7 Å². The predicted molar refractivity (Wildman–Crippen MR) is 146 cm³/mol. The largest absolute Gasteiger partial charge is 0.391 e. The molecule has 2 aromatic carbocycles. The lowest BCUT2D eigenvalue weighted by molar-refractivity contribution is -0.162. The number of imidazole rings is 2. The van der Waals surface area contributed by atoms with Crippen LogP contribution in [0.25, 0.3) is 0 Å². The van der Waals surface area contributed by atoms with E-state index >= 15 is 0 Å². The average molecular weight is 601 g/mol. The molecule has 0 saturated heterocycles. The maximum Gasteiger partial charge on any atom is 0.332 e.